The quantitative estimate of drug-likeness (QED) is 0.671. The van der Waals surface area contributed by atoms with Crippen molar-refractivity contribution in [3.05, 3.63) is 61.8 Å². The molecule has 0 spiro atoms. The number of H-pyrrole nitrogens is 1. The van der Waals surface area contributed by atoms with Crippen molar-refractivity contribution in [2.75, 3.05) is 13.2 Å². The number of thiophene rings is 1. The number of fused-ring (bicyclic) bond motifs is 1. The van der Waals surface area contributed by atoms with E-state index in [1.54, 1.807) is 22.3 Å². The second-order valence-corrected chi connectivity index (χ2v) is 8.56. The van der Waals surface area contributed by atoms with Crippen LogP contribution in [-0.2, 0) is 17.7 Å². The molecule has 1 atom stereocenters. The molecule has 1 N–H and O–H groups in total. The number of hydrogen-bond acceptors (Lipinski definition) is 5. The van der Waals surface area contributed by atoms with Crippen LogP contribution in [0.5, 0.6) is 0 Å². The number of carbonyl (C=O) groups is 1. The van der Waals surface area contributed by atoms with Gasteiger partial charge in [-0.25, -0.2) is 4.98 Å². The van der Waals surface area contributed by atoms with E-state index in [9.17, 15) is 9.59 Å². The first-order valence-corrected chi connectivity index (χ1v) is 10.8. The Morgan fingerprint density at radius 1 is 1.38 bits per heavy atom. The molecule has 1 aliphatic heterocycles. The fraction of sp³-hybridized carbons (Fsp3) is 0.409. The van der Waals surface area contributed by atoms with Gasteiger partial charge >= 0.3 is 0 Å². The van der Waals surface area contributed by atoms with Crippen LogP contribution in [0.4, 0.5) is 0 Å². The standard InChI is InChI=1S/C22H25N3O3S/c1-3-18-14(2)11-19(29-18)22(27)25(12-15-7-6-10-28-15)13-20-23-17-9-5-4-8-16(17)21(26)24-20/h4-5,8-9,11,15H,3,6-7,10,12-13H2,1-2H3,(H,23,24,26). The van der Waals surface area contributed by atoms with Gasteiger partial charge in [0.1, 0.15) is 5.82 Å². The van der Waals surface area contributed by atoms with Crippen LogP contribution in [0.25, 0.3) is 10.9 Å². The van der Waals surface area contributed by atoms with E-state index >= 15 is 0 Å². The number of benzene rings is 1. The highest BCUT2D eigenvalue weighted by Crippen LogP contribution is 2.25. The molecular formula is C22H25N3O3S. The lowest BCUT2D eigenvalue weighted by Gasteiger charge is -2.24. The van der Waals surface area contributed by atoms with Crippen molar-refractivity contribution >= 4 is 28.1 Å². The monoisotopic (exact) mass is 411 g/mol. The summed E-state index contributed by atoms with van der Waals surface area (Å²) in [5, 5.41) is 0.551. The van der Waals surface area contributed by atoms with Gasteiger partial charge in [0.05, 0.1) is 28.4 Å². The number of nitrogens with one attached hydrogen (secondary N) is 1. The van der Waals surface area contributed by atoms with Gasteiger partial charge in [0.15, 0.2) is 0 Å². The number of aromatic amines is 1. The van der Waals surface area contributed by atoms with Crippen LogP contribution in [0, 0.1) is 6.92 Å². The van der Waals surface area contributed by atoms with Gasteiger partial charge in [-0.15, -0.1) is 11.3 Å². The number of hydrogen-bond donors (Lipinski definition) is 1. The van der Waals surface area contributed by atoms with Gasteiger partial charge in [-0.2, -0.15) is 0 Å². The van der Waals surface area contributed by atoms with Gasteiger partial charge in [-0.1, -0.05) is 19.1 Å². The van der Waals surface area contributed by atoms with Crippen molar-refractivity contribution in [2.24, 2.45) is 0 Å². The molecule has 1 aromatic carbocycles. The number of carbonyl (C=O) groups excluding carboxylic acids is 1. The Morgan fingerprint density at radius 3 is 2.93 bits per heavy atom. The van der Waals surface area contributed by atoms with Gasteiger partial charge in [0.2, 0.25) is 0 Å². The predicted octanol–water partition coefficient (Wildman–Crippen LogP) is 3.68. The normalized spacial score (nSPS) is 16.4. The second kappa shape index (κ2) is 8.47. The summed E-state index contributed by atoms with van der Waals surface area (Å²) in [4.78, 5) is 36.9. The molecule has 6 nitrogen and oxygen atoms in total. The molecule has 1 saturated heterocycles. The first-order valence-electron chi connectivity index (χ1n) is 10.0. The first kappa shape index (κ1) is 19.8. The third kappa shape index (κ3) is 4.26. The van der Waals surface area contributed by atoms with Gasteiger partial charge in [0.25, 0.3) is 11.5 Å². The number of ether oxygens (including phenoxy) is 1. The molecule has 0 aliphatic carbocycles. The average Bonchev–Trinajstić information content (AvgIpc) is 3.36. The molecule has 0 saturated carbocycles. The van der Waals surface area contributed by atoms with Crippen LogP contribution < -0.4 is 5.56 Å². The topological polar surface area (TPSA) is 75.3 Å². The molecular weight excluding hydrogens is 386 g/mol. The fourth-order valence-electron chi connectivity index (χ4n) is 3.78. The molecule has 1 aliphatic rings. The lowest BCUT2D eigenvalue weighted by atomic mass is 10.2. The number of nitrogens with zero attached hydrogens (tertiary/aromatic N) is 2. The summed E-state index contributed by atoms with van der Waals surface area (Å²) in [6.07, 6.45) is 2.89. The highest BCUT2D eigenvalue weighted by Gasteiger charge is 2.26. The van der Waals surface area contributed by atoms with Crippen molar-refractivity contribution < 1.29 is 9.53 Å². The zero-order valence-electron chi connectivity index (χ0n) is 16.7. The van der Waals surface area contributed by atoms with Gasteiger partial charge in [-0.3, -0.25) is 9.59 Å². The second-order valence-electron chi connectivity index (χ2n) is 7.42. The summed E-state index contributed by atoms with van der Waals surface area (Å²) in [6, 6.07) is 9.20. The number of rotatable bonds is 6. The molecule has 7 heteroatoms. The van der Waals surface area contributed by atoms with Crippen LogP contribution in [0.2, 0.25) is 0 Å². The fourth-order valence-corrected chi connectivity index (χ4v) is 4.86. The molecule has 3 heterocycles. The third-order valence-corrected chi connectivity index (χ3v) is 6.66. The molecule has 29 heavy (non-hydrogen) atoms. The van der Waals surface area contributed by atoms with E-state index in [-0.39, 0.29) is 24.1 Å². The van der Waals surface area contributed by atoms with Crippen LogP contribution in [0.3, 0.4) is 0 Å². The zero-order chi connectivity index (χ0) is 20.4. The highest BCUT2D eigenvalue weighted by atomic mass is 32.1. The summed E-state index contributed by atoms with van der Waals surface area (Å²) in [5.41, 5.74) is 1.60. The molecule has 0 radical (unpaired) electrons. The van der Waals surface area contributed by atoms with E-state index < -0.39 is 0 Å². The minimum absolute atomic E-state index is 0.0258. The van der Waals surface area contributed by atoms with E-state index in [2.05, 4.69) is 16.9 Å². The van der Waals surface area contributed by atoms with E-state index in [0.717, 1.165) is 36.3 Å². The Hall–Kier alpha value is -2.51. The smallest absolute Gasteiger partial charge is 0.264 e. The summed E-state index contributed by atoms with van der Waals surface area (Å²) in [6.45, 7) is 5.61. The number of aryl methyl sites for hydroxylation is 2. The lowest BCUT2D eigenvalue weighted by molar-refractivity contribution is 0.0505. The number of amides is 1. The maximum atomic E-state index is 13.3. The van der Waals surface area contributed by atoms with Crippen LogP contribution in [-0.4, -0.2) is 40.0 Å². The van der Waals surface area contributed by atoms with Gasteiger partial charge in [0, 0.05) is 18.0 Å². The maximum Gasteiger partial charge on any atom is 0.264 e. The third-order valence-electron chi connectivity index (χ3n) is 5.29. The van der Waals surface area contributed by atoms with Crippen molar-refractivity contribution in [1.82, 2.24) is 14.9 Å². The largest absolute Gasteiger partial charge is 0.376 e. The van der Waals surface area contributed by atoms with Crippen molar-refractivity contribution in [3.63, 3.8) is 0 Å². The highest BCUT2D eigenvalue weighted by molar-refractivity contribution is 7.14. The Labute approximate surface area is 173 Å². The number of para-hydroxylation sites is 1. The van der Waals surface area contributed by atoms with Crippen molar-refractivity contribution in [3.8, 4) is 0 Å². The van der Waals surface area contributed by atoms with Crippen molar-refractivity contribution in [1.29, 1.82) is 0 Å². The van der Waals surface area contributed by atoms with Crippen LogP contribution >= 0.6 is 11.3 Å². The minimum Gasteiger partial charge on any atom is -0.376 e. The van der Waals surface area contributed by atoms with Gasteiger partial charge < -0.3 is 14.6 Å². The molecule has 3 aromatic rings. The summed E-state index contributed by atoms with van der Waals surface area (Å²) in [5.74, 6) is 0.452. The van der Waals surface area contributed by atoms with Gasteiger partial charge in [-0.05, 0) is 49.9 Å². The SMILES string of the molecule is CCc1sc(C(=O)N(Cc2nc3ccccc3c(=O)[nH]2)CC2CCCO2)cc1C. The molecule has 1 fully saturated rings. The van der Waals surface area contributed by atoms with Crippen LogP contribution in [0.15, 0.2) is 35.1 Å². The number of aromatic nitrogens is 2. The molecule has 152 valence electrons. The van der Waals surface area contributed by atoms with Crippen molar-refractivity contribution in [2.45, 2.75) is 45.8 Å². The van der Waals surface area contributed by atoms with E-state index in [4.69, 9.17) is 4.74 Å². The maximum absolute atomic E-state index is 13.3. The molecule has 1 amide bonds. The molecule has 2 aromatic heterocycles. The Kier molecular flexibility index (Phi) is 5.78. The minimum atomic E-state index is -0.185. The Morgan fingerprint density at radius 2 is 2.21 bits per heavy atom. The molecule has 1 unspecified atom stereocenters. The summed E-state index contributed by atoms with van der Waals surface area (Å²) >= 11 is 1.55. The zero-order valence-corrected chi connectivity index (χ0v) is 17.6. The van der Waals surface area contributed by atoms with Crippen LogP contribution in [0.1, 0.15) is 45.7 Å². The molecule has 4 rings (SSSR count). The lowest BCUT2D eigenvalue weighted by Crippen LogP contribution is -2.37. The molecule has 0 bridgehead atoms. The summed E-state index contributed by atoms with van der Waals surface area (Å²) in [7, 11) is 0. The first-order chi connectivity index (χ1) is 14.0. The Balaban J connectivity index is 1.64. The average molecular weight is 412 g/mol. The van der Waals surface area contributed by atoms with E-state index in [1.807, 2.05) is 31.2 Å². The van der Waals surface area contributed by atoms with E-state index in [0.29, 0.717) is 23.3 Å². The summed E-state index contributed by atoms with van der Waals surface area (Å²) < 4.78 is 5.77. The van der Waals surface area contributed by atoms with E-state index in [1.165, 1.54) is 4.88 Å². The predicted molar refractivity (Wildman–Crippen MR) is 115 cm³/mol. The Bertz CT molecular complexity index is 1080.